The van der Waals surface area contributed by atoms with E-state index < -0.39 is 0 Å². The van der Waals surface area contributed by atoms with Gasteiger partial charge in [0.05, 0.1) is 12.8 Å². The van der Waals surface area contributed by atoms with Crippen LogP contribution in [0.4, 0.5) is 11.4 Å². The number of likely N-dealkylation sites (tertiary alicyclic amines) is 1. The van der Waals surface area contributed by atoms with Crippen LogP contribution in [0.2, 0.25) is 0 Å². The fourth-order valence-corrected chi connectivity index (χ4v) is 2.73. The fraction of sp³-hybridized carbons (Fsp3) is 0.562. The van der Waals surface area contributed by atoms with Gasteiger partial charge in [0.2, 0.25) is 5.91 Å². The number of benzene rings is 1. The molecule has 1 aliphatic heterocycles. The normalized spacial score (nSPS) is 22.2. The molecule has 21 heavy (non-hydrogen) atoms. The Morgan fingerprint density at radius 2 is 2.05 bits per heavy atom. The molecule has 5 heteroatoms. The third-order valence-corrected chi connectivity index (χ3v) is 4.22. The number of rotatable bonds is 5. The van der Waals surface area contributed by atoms with E-state index in [9.17, 15) is 4.79 Å². The zero-order chi connectivity index (χ0) is 15.4. The van der Waals surface area contributed by atoms with Crippen molar-refractivity contribution in [1.29, 1.82) is 0 Å². The second kappa shape index (κ2) is 6.80. The highest BCUT2D eigenvalue weighted by atomic mass is 16.5. The summed E-state index contributed by atoms with van der Waals surface area (Å²) in [6.45, 7) is 7.49. The van der Waals surface area contributed by atoms with E-state index in [1.54, 1.807) is 25.3 Å². The number of nitrogens with one attached hydrogen (secondary N) is 1. The lowest BCUT2D eigenvalue weighted by atomic mass is 10.0. The van der Waals surface area contributed by atoms with Crippen LogP contribution in [0.25, 0.3) is 0 Å². The Hall–Kier alpha value is -1.75. The molecule has 2 rings (SSSR count). The lowest BCUT2D eigenvalue weighted by molar-refractivity contribution is -0.116. The van der Waals surface area contributed by atoms with Crippen LogP contribution in [0.5, 0.6) is 5.75 Å². The molecule has 1 saturated heterocycles. The molecule has 3 N–H and O–H groups in total. The van der Waals surface area contributed by atoms with Crippen LogP contribution >= 0.6 is 0 Å². The first kappa shape index (κ1) is 15.6. The van der Waals surface area contributed by atoms with Gasteiger partial charge in [0.1, 0.15) is 5.75 Å². The standard InChI is InChI=1S/C16H25N3O2/c1-11-9-19(10-12(11)2)7-6-16(20)18-14-8-13(17)4-5-15(14)21-3/h4-5,8,11-12H,6-7,9-10,17H2,1-3H3,(H,18,20). The van der Waals surface area contributed by atoms with Crippen molar-refractivity contribution in [3.05, 3.63) is 18.2 Å². The molecule has 0 saturated carbocycles. The number of nitrogens with zero attached hydrogens (tertiary/aromatic N) is 1. The third kappa shape index (κ3) is 4.11. The summed E-state index contributed by atoms with van der Waals surface area (Å²) in [5.41, 5.74) is 6.98. The fourth-order valence-electron chi connectivity index (χ4n) is 2.73. The van der Waals surface area contributed by atoms with Gasteiger partial charge in [-0.25, -0.2) is 0 Å². The minimum Gasteiger partial charge on any atom is -0.495 e. The van der Waals surface area contributed by atoms with Crippen LogP contribution in [0.15, 0.2) is 18.2 Å². The number of hydrogen-bond acceptors (Lipinski definition) is 4. The minimum atomic E-state index is -0.00824. The van der Waals surface area contributed by atoms with Gasteiger partial charge in [-0.1, -0.05) is 13.8 Å². The predicted molar refractivity (Wildman–Crippen MR) is 85.4 cm³/mol. The van der Waals surface area contributed by atoms with Gasteiger partial charge in [-0.15, -0.1) is 0 Å². The summed E-state index contributed by atoms with van der Waals surface area (Å²) in [7, 11) is 1.58. The minimum absolute atomic E-state index is 0.00824. The van der Waals surface area contributed by atoms with Crippen molar-refractivity contribution in [1.82, 2.24) is 4.90 Å². The molecular formula is C16H25N3O2. The first-order valence-electron chi connectivity index (χ1n) is 7.45. The van der Waals surface area contributed by atoms with Gasteiger partial charge in [0, 0.05) is 31.7 Å². The molecule has 0 bridgehead atoms. The highest BCUT2D eigenvalue weighted by Crippen LogP contribution is 2.27. The Morgan fingerprint density at radius 1 is 1.38 bits per heavy atom. The number of ether oxygens (including phenoxy) is 1. The molecule has 1 aromatic rings. The number of carbonyl (C=O) groups is 1. The first-order valence-corrected chi connectivity index (χ1v) is 7.45. The number of methoxy groups -OCH3 is 1. The Kier molecular flexibility index (Phi) is 5.07. The molecule has 0 aromatic heterocycles. The molecule has 1 aromatic carbocycles. The van der Waals surface area contributed by atoms with Crippen LogP contribution in [-0.2, 0) is 4.79 Å². The summed E-state index contributed by atoms with van der Waals surface area (Å²) in [4.78, 5) is 14.4. The van der Waals surface area contributed by atoms with Gasteiger partial charge in [-0.05, 0) is 30.0 Å². The van der Waals surface area contributed by atoms with Gasteiger partial charge in [0.25, 0.3) is 0 Å². The Bertz CT molecular complexity index is 494. The maximum Gasteiger partial charge on any atom is 0.225 e. The van der Waals surface area contributed by atoms with Crippen LogP contribution in [0.1, 0.15) is 20.3 Å². The topological polar surface area (TPSA) is 67.6 Å². The molecular weight excluding hydrogens is 266 g/mol. The molecule has 5 nitrogen and oxygen atoms in total. The third-order valence-electron chi connectivity index (χ3n) is 4.22. The lowest BCUT2D eigenvalue weighted by Gasteiger charge is -2.15. The van der Waals surface area contributed by atoms with E-state index in [1.165, 1.54) is 0 Å². The number of amides is 1. The number of carbonyl (C=O) groups excluding carboxylic acids is 1. The first-order chi connectivity index (χ1) is 9.99. The molecule has 1 amide bonds. The van der Waals surface area contributed by atoms with Crippen molar-refractivity contribution < 1.29 is 9.53 Å². The summed E-state index contributed by atoms with van der Waals surface area (Å²) >= 11 is 0. The Balaban J connectivity index is 1.86. The highest BCUT2D eigenvalue weighted by molar-refractivity contribution is 5.93. The smallest absolute Gasteiger partial charge is 0.225 e. The van der Waals surface area contributed by atoms with E-state index in [4.69, 9.17) is 10.5 Å². The maximum atomic E-state index is 12.1. The van der Waals surface area contributed by atoms with E-state index in [1.807, 2.05) is 0 Å². The molecule has 2 unspecified atom stereocenters. The van der Waals surface area contributed by atoms with Crippen LogP contribution < -0.4 is 15.8 Å². The van der Waals surface area contributed by atoms with Crippen molar-refractivity contribution >= 4 is 17.3 Å². The van der Waals surface area contributed by atoms with Crippen molar-refractivity contribution in [2.45, 2.75) is 20.3 Å². The molecule has 1 aliphatic rings. The molecule has 1 heterocycles. The van der Waals surface area contributed by atoms with Crippen LogP contribution in [0.3, 0.4) is 0 Å². The van der Waals surface area contributed by atoms with Crippen LogP contribution in [0, 0.1) is 11.8 Å². The van der Waals surface area contributed by atoms with E-state index in [0.29, 0.717) is 35.4 Å². The number of hydrogen-bond donors (Lipinski definition) is 2. The lowest BCUT2D eigenvalue weighted by Crippen LogP contribution is -2.26. The number of nitrogen functional groups attached to an aromatic ring is 1. The monoisotopic (exact) mass is 291 g/mol. The van der Waals surface area contributed by atoms with Gasteiger partial charge in [-0.3, -0.25) is 4.79 Å². The zero-order valence-electron chi connectivity index (χ0n) is 13.1. The Morgan fingerprint density at radius 3 is 2.67 bits per heavy atom. The van der Waals surface area contributed by atoms with E-state index >= 15 is 0 Å². The zero-order valence-corrected chi connectivity index (χ0v) is 13.1. The summed E-state index contributed by atoms with van der Waals surface area (Å²) in [5, 5.41) is 2.88. The van der Waals surface area contributed by atoms with E-state index in [0.717, 1.165) is 19.6 Å². The molecule has 0 aliphatic carbocycles. The van der Waals surface area contributed by atoms with Crippen molar-refractivity contribution in [3.8, 4) is 5.75 Å². The summed E-state index contributed by atoms with van der Waals surface area (Å²) in [6, 6.07) is 5.23. The second-order valence-electron chi connectivity index (χ2n) is 5.97. The quantitative estimate of drug-likeness (QED) is 0.816. The van der Waals surface area contributed by atoms with E-state index in [-0.39, 0.29) is 5.91 Å². The summed E-state index contributed by atoms with van der Waals surface area (Å²) in [6.07, 6.45) is 0.484. The Labute approximate surface area is 126 Å². The van der Waals surface area contributed by atoms with E-state index in [2.05, 4.69) is 24.1 Å². The summed E-state index contributed by atoms with van der Waals surface area (Å²) in [5.74, 6) is 2.04. The van der Waals surface area contributed by atoms with Gasteiger partial charge < -0.3 is 20.7 Å². The summed E-state index contributed by atoms with van der Waals surface area (Å²) < 4.78 is 5.23. The molecule has 116 valence electrons. The molecule has 0 radical (unpaired) electrons. The van der Waals surface area contributed by atoms with Crippen molar-refractivity contribution in [2.24, 2.45) is 11.8 Å². The van der Waals surface area contributed by atoms with Gasteiger partial charge >= 0.3 is 0 Å². The molecule has 1 fully saturated rings. The average Bonchev–Trinajstić information content (AvgIpc) is 2.76. The predicted octanol–water partition coefficient (Wildman–Crippen LogP) is 2.19. The number of anilines is 2. The highest BCUT2D eigenvalue weighted by Gasteiger charge is 2.25. The molecule has 2 atom stereocenters. The SMILES string of the molecule is COc1ccc(N)cc1NC(=O)CCN1CC(C)C(C)C1. The second-order valence-corrected chi connectivity index (χ2v) is 5.97. The molecule has 0 spiro atoms. The van der Waals surface area contributed by atoms with Crippen molar-refractivity contribution in [3.63, 3.8) is 0 Å². The number of nitrogens with two attached hydrogens (primary N) is 1. The largest absolute Gasteiger partial charge is 0.495 e. The van der Waals surface area contributed by atoms with Crippen LogP contribution in [-0.4, -0.2) is 37.6 Å². The van der Waals surface area contributed by atoms with Gasteiger partial charge in [0.15, 0.2) is 0 Å². The average molecular weight is 291 g/mol. The van der Waals surface area contributed by atoms with Crippen molar-refractivity contribution in [2.75, 3.05) is 37.8 Å². The maximum absolute atomic E-state index is 12.1. The van der Waals surface area contributed by atoms with Gasteiger partial charge in [-0.2, -0.15) is 0 Å².